The van der Waals surface area contributed by atoms with E-state index < -0.39 is 0 Å². The quantitative estimate of drug-likeness (QED) is 0.776. The largest absolute Gasteiger partial charge is 0.469 e. The summed E-state index contributed by atoms with van der Waals surface area (Å²) in [6.07, 6.45) is 3.34. The zero-order valence-corrected chi connectivity index (χ0v) is 10.8. The molecule has 0 unspecified atom stereocenters. The van der Waals surface area contributed by atoms with Gasteiger partial charge in [-0.3, -0.25) is 4.79 Å². The monoisotopic (exact) mass is 244 g/mol. The third-order valence-corrected chi connectivity index (χ3v) is 2.92. The van der Waals surface area contributed by atoms with Crippen molar-refractivity contribution in [2.24, 2.45) is 0 Å². The van der Waals surface area contributed by atoms with E-state index in [2.05, 4.69) is 4.98 Å². The van der Waals surface area contributed by atoms with Gasteiger partial charge in [-0.05, 0) is 32.0 Å². The first-order chi connectivity index (χ1) is 8.58. The van der Waals surface area contributed by atoms with E-state index in [0.717, 1.165) is 17.1 Å². The molecule has 2 heterocycles. The van der Waals surface area contributed by atoms with E-state index in [1.807, 2.05) is 24.9 Å². The molecule has 4 nitrogen and oxygen atoms in total. The lowest BCUT2D eigenvalue weighted by atomic mass is 10.2. The molecule has 0 saturated heterocycles. The van der Waals surface area contributed by atoms with Gasteiger partial charge in [0.25, 0.3) is 0 Å². The standard InChI is InChI=1S/C14H16N2O2/c1-10(17)12-4-6-15-14(8-12)16(3)9-13-5-7-18-11(13)2/h4-8H,9H2,1-3H3. The second-order valence-electron chi connectivity index (χ2n) is 4.32. The van der Waals surface area contributed by atoms with Crippen molar-refractivity contribution in [1.82, 2.24) is 4.98 Å². The number of aromatic nitrogens is 1. The van der Waals surface area contributed by atoms with E-state index in [9.17, 15) is 4.79 Å². The maximum Gasteiger partial charge on any atom is 0.159 e. The molecular formula is C14H16N2O2. The Kier molecular flexibility index (Phi) is 3.46. The van der Waals surface area contributed by atoms with Crippen LogP contribution < -0.4 is 4.90 Å². The Hall–Kier alpha value is -2.10. The van der Waals surface area contributed by atoms with Crippen molar-refractivity contribution in [2.75, 3.05) is 11.9 Å². The normalized spacial score (nSPS) is 10.4. The van der Waals surface area contributed by atoms with Crippen LogP contribution in [0.5, 0.6) is 0 Å². The van der Waals surface area contributed by atoms with E-state index in [4.69, 9.17) is 4.42 Å². The number of Topliss-reactive ketones (excluding diaryl/α,β-unsaturated/α-hetero) is 1. The summed E-state index contributed by atoms with van der Waals surface area (Å²) in [4.78, 5) is 17.6. The van der Waals surface area contributed by atoms with E-state index in [0.29, 0.717) is 12.1 Å². The molecule has 0 aliphatic carbocycles. The van der Waals surface area contributed by atoms with E-state index in [1.54, 1.807) is 31.5 Å². The van der Waals surface area contributed by atoms with Gasteiger partial charge in [-0.1, -0.05) is 0 Å². The van der Waals surface area contributed by atoms with Gasteiger partial charge < -0.3 is 9.32 Å². The van der Waals surface area contributed by atoms with Crippen LogP contribution >= 0.6 is 0 Å². The van der Waals surface area contributed by atoms with Crippen LogP contribution in [0.4, 0.5) is 5.82 Å². The first-order valence-electron chi connectivity index (χ1n) is 5.79. The molecule has 0 aliphatic rings. The highest BCUT2D eigenvalue weighted by molar-refractivity contribution is 5.94. The first-order valence-corrected chi connectivity index (χ1v) is 5.79. The number of nitrogens with zero attached hydrogens (tertiary/aromatic N) is 2. The van der Waals surface area contributed by atoms with Crippen molar-refractivity contribution in [3.63, 3.8) is 0 Å². The molecule has 0 aliphatic heterocycles. The van der Waals surface area contributed by atoms with Crippen molar-refractivity contribution in [1.29, 1.82) is 0 Å². The summed E-state index contributed by atoms with van der Waals surface area (Å²) in [6, 6.07) is 5.47. The Morgan fingerprint density at radius 3 is 2.83 bits per heavy atom. The molecule has 0 bridgehead atoms. The summed E-state index contributed by atoms with van der Waals surface area (Å²) in [5.41, 5.74) is 1.79. The predicted molar refractivity (Wildman–Crippen MR) is 69.8 cm³/mol. The highest BCUT2D eigenvalue weighted by Crippen LogP contribution is 2.17. The van der Waals surface area contributed by atoms with Gasteiger partial charge in [0.2, 0.25) is 0 Å². The van der Waals surface area contributed by atoms with Crippen LogP contribution in [0.1, 0.15) is 28.6 Å². The highest BCUT2D eigenvalue weighted by atomic mass is 16.3. The molecule has 4 heteroatoms. The van der Waals surface area contributed by atoms with Gasteiger partial charge in [0.05, 0.1) is 6.26 Å². The molecule has 2 rings (SSSR count). The first kappa shape index (κ1) is 12.4. The fourth-order valence-corrected chi connectivity index (χ4v) is 1.76. The van der Waals surface area contributed by atoms with Gasteiger partial charge in [-0.2, -0.15) is 0 Å². The van der Waals surface area contributed by atoms with Crippen molar-refractivity contribution < 1.29 is 9.21 Å². The number of anilines is 1. The third-order valence-electron chi connectivity index (χ3n) is 2.92. The number of hydrogen-bond acceptors (Lipinski definition) is 4. The van der Waals surface area contributed by atoms with Gasteiger partial charge in [0.1, 0.15) is 11.6 Å². The van der Waals surface area contributed by atoms with Crippen LogP contribution in [0.25, 0.3) is 0 Å². The average molecular weight is 244 g/mol. The van der Waals surface area contributed by atoms with Crippen molar-refractivity contribution >= 4 is 11.6 Å². The highest BCUT2D eigenvalue weighted by Gasteiger charge is 2.09. The summed E-state index contributed by atoms with van der Waals surface area (Å²) in [7, 11) is 1.94. The number of ketones is 1. The molecule has 0 spiro atoms. The van der Waals surface area contributed by atoms with E-state index in [1.165, 1.54) is 0 Å². The van der Waals surface area contributed by atoms with Crippen LogP contribution in [-0.2, 0) is 6.54 Å². The second-order valence-corrected chi connectivity index (χ2v) is 4.32. The lowest BCUT2D eigenvalue weighted by molar-refractivity contribution is 0.101. The second kappa shape index (κ2) is 5.04. The number of rotatable bonds is 4. The maximum atomic E-state index is 11.3. The minimum Gasteiger partial charge on any atom is -0.469 e. The van der Waals surface area contributed by atoms with Crippen molar-refractivity contribution in [3.05, 3.63) is 47.5 Å². The molecule has 2 aromatic heterocycles. The fraction of sp³-hybridized carbons (Fsp3) is 0.286. The summed E-state index contributed by atoms with van der Waals surface area (Å²) < 4.78 is 5.26. The minimum atomic E-state index is 0.0477. The minimum absolute atomic E-state index is 0.0477. The number of carbonyl (C=O) groups excluding carboxylic acids is 1. The number of carbonyl (C=O) groups is 1. The molecule has 0 saturated carbocycles. The number of pyridine rings is 1. The summed E-state index contributed by atoms with van der Waals surface area (Å²) in [6.45, 7) is 4.19. The molecule has 0 atom stereocenters. The molecule has 0 N–H and O–H groups in total. The van der Waals surface area contributed by atoms with Gasteiger partial charge in [0.15, 0.2) is 5.78 Å². The molecule has 0 aromatic carbocycles. The van der Waals surface area contributed by atoms with Gasteiger partial charge >= 0.3 is 0 Å². The molecule has 0 amide bonds. The molecule has 0 radical (unpaired) electrons. The average Bonchev–Trinajstić information content (AvgIpc) is 2.75. The Morgan fingerprint density at radius 2 is 2.22 bits per heavy atom. The number of furan rings is 1. The number of aryl methyl sites for hydroxylation is 1. The molecule has 2 aromatic rings. The van der Waals surface area contributed by atoms with E-state index in [-0.39, 0.29) is 5.78 Å². The molecule has 94 valence electrons. The van der Waals surface area contributed by atoms with E-state index >= 15 is 0 Å². The maximum absolute atomic E-state index is 11.3. The summed E-state index contributed by atoms with van der Waals surface area (Å²) >= 11 is 0. The predicted octanol–water partition coefficient (Wildman–Crippen LogP) is 2.82. The third kappa shape index (κ3) is 2.59. The Labute approximate surface area is 106 Å². The van der Waals surface area contributed by atoms with Gasteiger partial charge in [-0.15, -0.1) is 0 Å². The topological polar surface area (TPSA) is 46.3 Å². The smallest absolute Gasteiger partial charge is 0.159 e. The molecule has 18 heavy (non-hydrogen) atoms. The molecular weight excluding hydrogens is 228 g/mol. The van der Waals surface area contributed by atoms with Crippen LogP contribution in [0.3, 0.4) is 0 Å². The van der Waals surface area contributed by atoms with Crippen molar-refractivity contribution in [3.8, 4) is 0 Å². The Bertz CT molecular complexity index is 560. The zero-order chi connectivity index (χ0) is 13.1. The van der Waals surface area contributed by atoms with Crippen LogP contribution in [-0.4, -0.2) is 17.8 Å². The fourth-order valence-electron chi connectivity index (χ4n) is 1.76. The van der Waals surface area contributed by atoms with Crippen molar-refractivity contribution in [2.45, 2.75) is 20.4 Å². The lowest BCUT2D eigenvalue weighted by Gasteiger charge is -2.18. The summed E-state index contributed by atoms with van der Waals surface area (Å²) in [5.74, 6) is 1.74. The molecule has 0 fully saturated rings. The van der Waals surface area contributed by atoms with Crippen LogP contribution in [0, 0.1) is 6.92 Å². The number of hydrogen-bond donors (Lipinski definition) is 0. The summed E-state index contributed by atoms with van der Waals surface area (Å²) in [5, 5.41) is 0. The van der Waals surface area contributed by atoms with Gasteiger partial charge in [-0.25, -0.2) is 4.98 Å². The van der Waals surface area contributed by atoms with Gasteiger partial charge in [0, 0.05) is 30.9 Å². The van der Waals surface area contributed by atoms with Crippen LogP contribution in [0.2, 0.25) is 0 Å². The lowest BCUT2D eigenvalue weighted by Crippen LogP contribution is -2.18. The Morgan fingerprint density at radius 1 is 1.44 bits per heavy atom. The van der Waals surface area contributed by atoms with Crippen LogP contribution in [0.15, 0.2) is 35.1 Å². The SMILES string of the molecule is CC(=O)c1ccnc(N(C)Cc2ccoc2C)c1. The Balaban J connectivity index is 2.18. The zero-order valence-electron chi connectivity index (χ0n) is 10.8.